The first-order chi connectivity index (χ1) is 12.8. The fourth-order valence-corrected chi connectivity index (χ4v) is 2.93. The van der Waals surface area contributed by atoms with Crippen LogP contribution in [-0.2, 0) is 13.0 Å². The molecule has 0 unspecified atom stereocenters. The molecule has 3 nitrogen and oxygen atoms in total. The average Bonchev–Trinajstić information content (AvgIpc) is 3.18. The minimum Gasteiger partial charge on any atom is -0.507 e. The topological polar surface area (TPSA) is 38.0 Å². The average molecular weight is 338 g/mol. The van der Waals surface area contributed by atoms with E-state index in [2.05, 4.69) is 29.0 Å². The molecule has 0 radical (unpaired) electrons. The van der Waals surface area contributed by atoms with Gasteiger partial charge in [-0.15, -0.1) is 0 Å². The third-order valence-corrected chi connectivity index (χ3v) is 4.30. The van der Waals surface area contributed by atoms with Crippen LogP contribution in [-0.4, -0.2) is 14.7 Å². The maximum absolute atomic E-state index is 10.7. The summed E-state index contributed by atoms with van der Waals surface area (Å²) in [5.41, 5.74) is 3.64. The van der Waals surface area contributed by atoms with E-state index in [9.17, 15) is 5.11 Å². The van der Waals surface area contributed by atoms with Crippen molar-refractivity contribution in [1.29, 1.82) is 0 Å². The zero-order chi connectivity index (χ0) is 17.8. The monoisotopic (exact) mass is 338 g/mol. The Morgan fingerprint density at radius 1 is 0.962 bits per heavy atom. The van der Waals surface area contributed by atoms with Crippen LogP contribution in [0.4, 0.5) is 0 Å². The number of hydrogen-bond acceptors (Lipinski definition) is 2. The summed E-state index contributed by atoms with van der Waals surface area (Å²) in [7, 11) is 0. The molecule has 2 aromatic carbocycles. The number of fused-ring (bicyclic) bond motifs is 1. The van der Waals surface area contributed by atoms with Gasteiger partial charge in [-0.05, 0) is 35.9 Å². The molecule has 0 bridgehead atoms. The van der Waals surface area contributed by atoms with Crippen molar-refractivity contribution in [3.8, 4) is 17.6 Å². The highest BCUT2D eigenvalue weighted by Gasteiger charge is 2.08. The van der Waals surface area contributed by atoms with E-state index in [1.165, 1.54) is 5.56 Å². The molecule has 4 rings (SSSR count). The zero-order valence-electron chi connectivity index (χ0n) is 14.3. The van der Waals surface area contributed by atoms with Gasteiger partial charge in [0.05, 0.1) is 12.1 Å². The molecule has 1 N–H and O–H groups in total. The van der Waals surface area contributed by atoms with E-state index in [0.717, 1.165) is 22.0 Å². The Balaban J connectivity index is 1.62. The third-order valence-electron chi connectivity index (χ3n) is 4.30. The van der Waals surface area contributed by atoms with Crippen LogP contribution in [0.2, 0.25) is 0 Å². The molecular formula is C23H18N2O. The summed E-state index contributed by atoms with van der Waals surface area (Å²) in [6, 6.07) is 19.9. The predicted octanol–water partition coefficient (Wildman–Crippen LogP) is 4.38. The van der Waals surface area contributed by atoms with Gasteiger partial charge in [0.15, 0.2) is 0 Å². The number of aromatic nitrogens is 2. The molecule has 0 aliphatic carbocycles. The SMILES string of the molecule is Oc1c(Cn2cccc2)cnc2ccc(C#CCc3ccccc3)cc12. The molecule has 4 aromatic rings. The summed E-state index contributed by atoms with van der Waals surface area (Å²) in [6.07, 6.45) is 6.37. The molecule has 0 aliphatic heterocycles. The van der Waals surface area contributed by atoms with Crippen LogP contribution in [0.25, 0.3) is 10.9 Å². The fraction of sp³-hybridized carbons (Fsp3) is 0.0870. The minimum atomic E-state index is 0.274. The maximum atomic E-state index is 10.7. The second-order valence-electron chi connectivity index (χ2n) is 6.18. The zero-order valence-corrected chi connectivity index (χ0v) is 14.3. The van der Waals surface area contributed by atoms with Crippen LogP contribution in [0, 0.1) is 11.8 Å². The second-order valence-corrected chi connectivity index (χ2v) is 6.18. The van der Waals surface area contributed by atoms with Gasteiger partial charge in [0.1, 0.15) is 5.75 Å². The van der Waals surface area contributed by atoms with Gasteiger partial charge in [0.25, 0.3) is 0 Å². The first kappa shape index (κ1) is 16.0. The number of benzene rings is 2. The Morgan fingerprint density at radius 2 is 1.77 bits per heavy atom. The first-order valence-corrected chi connectivity index (χ1v) is 8.54. The Morgan fingerprint density at radius 3 is 2.58 bits per heavy atom. The molecule has 0 spiro atoms. The lowest BCUT2D eigenvalue weighted by Gasteiger charge is -2.08. The van der Waals surface area contributed by atoms with E-state index >= 15 is 0 Å². The summed E-state index contributed by atoms with van der Waals surface area (Å²) in [6.45, 7) is 0.589. The van der Waals surface area contributed by atoms with Crippen molar-refractivity contribution in [1.82, 2.24) is 9.55 Å². The molecule has 0 saturated heterocycles. The molecule has 2 heterocycles. The standard InChI is InChI=1S/C23H18N2O/c26-23-20(17-25-13-4-5-14-25)16-24-22-12-11-19(15-21(22)23)10-6-9-18-7-2-1-3-8-18/h1-5,7-8,11-16H,9,17H2,(H,24,26). The quantitative estimate of drug-likeness (QED) is 0.563. The smallest absolute Gasteiger partial charge is 0.131 e. The van der Waals surface area contributed by atoms with Gasteiger partial charge in [0.2, 0.25) is 0 Å². The molecule has 0 saturated carbocycles. The molecule has 0 amide bonds. The number of aromatic hydroxyl groups is 1. The molecule has 26 heavy (non-hydrogen) atoms. The summed E-state index contributed by atoms with van der Waals surface area (Å²) in [4.78, 5) is 4.47. The summed E-state index contributed by atoms with van der Waals surface area (Å²) in [5.74, 6) is 6.65. The molecule has 3 heteroatoms. The number of rotatable bonds is 3. The van der Waals surface area contributed by atoms with Crippen molar-refractivity contribution < 1.29 is 5.11 Å². The number of hydrogen-bond donors (Lipinski definition) is 1. The van der Waals surface area contributed by atoms with Gasteiger partial charge >= 0.3 is 0 Å². The lowest BCUT2D eigenvalue weighted by molar-refractivity contribution is 0.471. The summed E-state index contributed by atoms with van der Waals surface area (Å²) >= 11 is 0. The Labute approximate surface area is 152 Å². The third kappa shape index (κ3) is 3.45. The van der Waals surface area contributed by atoms with Gasteiger partial charge in [-0.2, -0.15) is 0 Å². The lowest BCUT2D eigenvalue weighted by atomic mass is 10.1. The van der Waals surface area contributed by atoms with Crippen molar-refractivity contribution in [2.24, 2.45) is 0 Å². The number of pyridine rings is 1. The second kappa shape index (κ2) is 7.16. The van der Waals surface area contributed by atoms with Crippen LogP contribution < -0.4 is 0 Å². The van der Waals surface area contributed by atoms with Crippen molar-refractivity contribution in [3.05, 3.63) is 95.9 Å². The van der Waals surface area contributed by atoms with Crippen LogP contribution >= 0.6 is 0 Å². The minimum absolute atomic E-state index is 0.274. The van der Waals surface area contributed by atoms with Crippen molar-refractivity contribution in [3.63, 3.8) is 0 Å². The molecular weight excluding hydrogens is 320 g/mol. The van der Waals surface area contributed by atoms with Gasteiger partial charge in [-0.25, -0.2) is 0 Å². The van der Waals surface area contributed by atoms with E-state index in [1.54, 1.807) is 6.20 Å². The molecule has 2 aromatic heterocycles. The van der Waals surface area contributed by atoms with Gasteiger partial charge < -0.3 is 9.67 Å². The largest absolute Gasteiger partial charge is 0.507 e. The molecule has 0 atom stereocenters. The van der Waals surface area contributed by atoms with E-state index < -0.39 is 0 Å². The van der Waals surface area contributed by atoms with Crippen LogP contribution in [0.15, 0.2) is 79.3 Å². The maximum Gasteiger partial charge on any atom is 0.131 e. The first-order valence-electron chi connectivity index (χ1n) is 8.54. The van der Waals surface area contributed by atoms with E-state index in [4.69, 9.17) is 0 Å². The molecule has 126 valence electrons. The van der Waals surface area contributed by atoms with Gasteiger partial charge in [-0.3, -0.25) is 4.98 Å². The van der Waals surface area contributed by atoms with Crippen LogP contribution in [0.1, 0.15) is 16.7 Å². The Kier molecular flexibility index (Phi) is 4.40. The van der Waals surface area contributed by atoms with Crippen molar-refractivity contribution in [2.75, 3.05) is 0 Å². The fourth-order valence-electron chi connectivity index (χ4n) is 2.93. The normalized spacial score (nSPS) is 10.5. The summed E-state index contributed by atoms with van der Waals surface area (Å²) < 4.78 is 2.01. The highest BCUT2D eigenvalue weighted by molar-refractivity contribution is 5.87. The van der Waals surface area contributed by atoms with E-state index in [1.807, 2.05) is 65.5 Å². The van der Waals surface area contributed by atoms with Crippen LogP contribution in [0.3, 0.4) is 0 Å². The van der Waals surface area contributed by atoms with Gasteiger partial charge in [-0.1, -0.05) is 42.2 Å². The van der Waals surface area contributed by atoms with Crippen LogP contribution in [0.5, 0.6) is 5.75 Å². The number of nitrogens with zero attached hydrogens (tertiary/aromatic N) is 2. The van der Waals surface area contributed by atoms with E-state index in [0.29, 0.717) is 13.0 Å². The summed E-state index contributed by atoms with van der Waals surface area (Å²) in [5, 5.41) is 11.4. The predicted molar refractivity (Wildman–Crippen MR) is 104 cm³/mol. The Bertz CT molecular complexity index is 1090. The highest BCUT2D eigenvalue weighted by atomic mass is 16.3. The van der Waals surface area contributed by atoms with Crippen molar-refractivity contribution >= 4 is 10.9 Å². The van der Waals surface area contributed by atoms with Crippen molar-refractivity contribution in [2.45, 2.75) is 13.0 Å². The van der Waals surface area contributed by atoms with E-state index in [-0.39, 0.29) is 5.75 Å². The Hall–Kier alpha value is -3.51. The highest BCUT2D eigenvalue weighted by Crippen LogP contribution is 2.28. The van der Waals surface area contributed by atoms with Gasteiger partial charge in [0, 0.05) is 41.5 Å². The molecule has 0 fully saturated rings. The molecule has 0 aliphatic rings. The lowest BCUT2D eigenvalue weighted by Crippen LogP contribution is -1.98.